The molecule has 23 heavy (non-hydrogen) atoms. The Labute approximate surface area is 136 Å². The molecule has 1 N–H and O–H groups in total. The van der Waals surface area contributed by atoms with E-state index in [1.54, 1.807) is 27.2 Å². The number of amides is 1. The van der Waals surface area contributed by atoms with Crippen molar-refractivity contribution in [3.05, 3.63) is 48.0 Å². The van der Waals surface area contributed by atoms with Crippen LogP contribution in [0.2, 0.25) is 0 Å². The Kier molecular flexibility index (Phi) is 5.46. The summed E-state index contributed by atoms with van der Waals surface area (Å²) in [6, 6.07) is 12.8. The lowest BCUT2D eigenvalue weighted by Crippen LogP contribution is -2.30. The van der Waals surface area contributed by atoms with Crippen LogP contribution in [-0.2, 0) is 4.79 Å². The van der Waals surface area contributed by atoms with Gasteiger partial charge < -0.3 is 19.5 Å². The van der Waals surface area contributed by atoms with Crippen LogP contribution in [0.25, 0.3) is 0 Å². The summed E-state index contributed by atoms with van der Waals surface area (Å²) in [4.78, 5) is 12.3. The lowest BCUT2D eigenvalue weighted by atomic mass is 10.1. The van der Waals surface area contributed by atoms with Crippen molar-refractivity contribution >= 4 is 11.6 Å². The molecule has 2 aromatic rings. The van der Waals surface area contributed by atoms with Gasteiger partial charge in [0.15, 0.2) is 17.6 Å². The summed E-state index contributed by atoms with van der Waals surface area (Å²) in [5, 5.41) is 2.86. The average Bonchev–Trinajstić information content (AvgIpc) is 2.57. The topological polar surface area (TPSA) is 56.8 Å². The Morgan fingerprint density at radius 1 is 1.04 bits per heavy atom. The van der Waals surface area contributed by atoms with E-state index in [-0.39, 0.29) is 5.91 Å². The van der Waals surface area contributed by atoms with Crippen LogP contribution < -0.4 is 19.5 Å². The Morgan fingerprint density at radius 3 is 2.26 bits per heavy atom. The molecule has 0 saturated carbocycles. The maximum absolute atomic E-state index is 12.3. The minimum atomic E-state index is -0.620. The first-order valence-electron chi connectivity index (χ1n) is 7.30. The first-order valence-corrected chi connectivity index (χ1v) is 7.30. The predicted octanol–water partition coefficient (Wildman–Crippen LogP) is 3.42. The molecule has 5 nitrogen and oxygen atoms in total. The summed E-state index contributed by atoms with van der Waals surface area (Å²) < 4.78 is 16.1. The number of methoxy groups -OCH3 is 2. The SMILES string of the molecule is COc1cc(C)c(NC(=O)[C@@H](C)Oc2ccccc2)cc1OC. The van der Waals surface area contributed by atoms with Crippen molar-refractivity contribution < 1.29 is 19.0 Å². The van der Waals surface area contributed by atoms with E-state index in [0.717, 1.165) is 5.56 Å². The van der Waals surface area contributed by atoms with Crippen molar-refractivity contribution in [2.45, 2.75) is 20.0 Å². The summed E-state index contributed by atoms with van der Waals surface area (Å²) >= 11 is 0. The fourth-order valence-corrected chi connectivity index (χ4v) is 2.11. The molecule has 5 heteroatoms. The van der Waals surface area contributed by atoms with Gasteiger partial charge in [-0.15, -0.1) is 0 Å². The molecule has 0 aliphatic heterocycles. The van der Waals surface area contributed by atoms with Gasteiger partial charge in [-0.25, -0.2) is 0 Å². The van der Waals surface area contributed by atoms with Crippen LogP contribution in [0, 0.1) is 6.92 Å². The third kappa shape index (κ3) is 4.16. The number of hydrogen-bond donors (Lipinski definition) is 1. The highest BCUT2D eigenvalue weighted by Gasteiger charge is 2.17. The van der Waals surface area contributed by atoms with Crippen LogP contribution in [0.5, 0.6) is 17.2 Å². The number of rotatable bonds is 6. The van der Waals surface area contributed by atoms with Gasteiger partial charge in [0.1, 0.15) is 5.75 Å². The Bertz CT molecular complexity index is 670. The number of nitrogens with one attached hydrogen (secondary N) is 1. The Balaban J connectivity index is 2.10. The van der Waals surface area contributed by atoms with Crippen molar-refractivity contribution in [2.24, 2.45) is 0 Å². The second-order valence-corrected chi connectivity index (χ2v) is 5.08. The van der Waals surface area contributed by atoms with Crippen LogP contribution in [0.4, 0.5) is 5.69 Å². The van der Waals surface area contributed by atoms with Gasteiger partial charge in [-0.1, -0.05) is 18.2 Å². The van der Waals surface area contributed by atoms with E-state index in [0.29, 0.717) is 22.9 Å². The summed E-state index contributed by atoms with van der Waals surface area (Å²) in [5.74, 6) is 1.60. The minimum Gasteiger partial charge on any atom is -0.493 e. The number of hydrogen-bond acceptors (Lipinski definition) is 4. The number of carbonyl (C=O) groups excluding carboxylic acids is 1. The quantitative estimate of drug-likeness (QED) is 0.887. The molecule has 122 valence electrons. The normalized spacial score (nSPS) is 11.5. The van der Waals surface area contributed by atoms with Crippen LogP contribution in [0.3, 0.4) is 0 Å². The van der Waals surface area contributed by atoms with Crippen molar-refractivity contribution in [1.82, 2.24) is 0 Å². The van der Waals surface area contributed by atoms with Gasteiger partial charge in [0.25, 0.3) is 5.91 Å². The highest BCUT2D eigenvalue weighted by atomic mass is 16.5. The van der Waals surface area contributed by atoms with E-state index in [9.17, 15) is 4.79 Å². The molecule has 0 aliphatic rings. The summed E-state index contributed by atoms with van der Waals surface area (Å²) in [6.45, 7) is 3.60. The van der Waals surface area contributed by atoms with Gasteiger partial charge in [-0.3, -0.25) is 4.79 Å². The standard InChI is InChI=1S/C18H21NO4/c1-12-10-16(21-3)17(22-4)11-15(12)19-18(20)13(2)23-14-8-6-5-7-9-14/h5-11,13H,1-4H3,(H,19,20)/t13-/m1/s1. The summed E-state index contributed by atoms with van der Waals surface area (Å²) in [5.41, 5.74) is 1.54. The Hall–Kier alpha value is -2.69. The fourth-order valence-electron chi connectivity index (χ4n) is 2.11. The lowest BCUT2D eigenvalue weighted by Gasteiger charge is -2.17. The third-order valence-electron chi connectivity index (χ3n) is 3.41. The number of benzene rings is 2. The maximum Gasteiger partial charge on any atom is 0.265 e. The smallest absolute Gasteiger partial charge is 0.265 e. The molecular formula is C18H21NO4. The summed E-state index contributed by atoms with van der Waals surface area (Å²) in [6.07, 6.45) is -0.620. The molecule has 1 atom stereocenters. The van der Waals surface area contributed by atoms with Crippen molar-refractivity contribution in [3.8, 4) is 17.2 Å². The number of ether oxygens (including phenoxy) is 3. The molecule has 2 rings (SSSR count). The second kappa shape index (κ2) is 7.54. The van der Waals surface area contributed by atoms with E-state index >= 15 is 0 Å². The monoisotopic (exact) mass is 315 g/mol. The first kappa shape index (κ1) is 16.7. The predicted molar refractivity (Wildman–Crippen MR) is 89.4 cm³/mol. The number of carbonyl (C=O) groups is 1. The highest BCUT2D eigenvalue weighted by Crippen LogP contribution is 2.33. The molecule has 0 heterocycles. The molecule has 0 aromatic heterocycles. The number of anilines is 1. The van der Waals surface area contributed by atoms with Crippen LogP contribution >= 0.6 is 0 Å². The third-order valence-corrected chi connectivity index (χ3v) is 3.41. The number of para-hydroxylation sites is 1. The largest absolute Gasteiger partial charge is 0.493 e. The molecule has 0 aliphatic carbocycles. The maximum atomic E-state index is 12.3. The average molecular weight is 315 g/mol. The molecular weight excluding hydrogens is 294 g/mol. The van der Waals surface area contributed by atoms with Gasteiger partial charge in [0.2, 0.25) is 0 Å². The van der Waals surface area contributed by atoms with Crippen molar-refractivity contribution in [3.63, 3.8) is 0 Å². The van der Waals surface area contributed by atoms with Crippen molar-refractivity contribution in [2.75, 3.05) is 19.5 Å². The van der Waals surface area contributed by atoms with Crippen molar-refractivity contribution in [1.29, 1.82) is 0 Å². The zero-order chi connectivity index (χ0) is 16.8. The lowest BCUT2D eigenvalue weighted by molar-refractivity contribution is -0.122. The summed E-state index contributed by atoms with van der Waals surface area (Å²) in [7, 11) is 3.13. The van der Waals surface area contributed by atoms with Gasteiger partial charge in [0, 0.05) is 11.8 Å². The molecule has 2 aromatic carbocycles. The number of aryl methyl sites for hydroxylation is 1. The van der Waals surface area contributed by atoms with E-state index in [2.05, 4.69) is 5.32 Å². The zero-order valence-corrected chi connectivity index (χ0v) is 13.8. The van der Waals surface area contributed by atoms with Gasteiger partial charge in [-0.05, 0) is 37.6 Å². The van der Waals surface area contributed by atoms with Crippen LogP contribution in [0.15, 0.2) is 42.5 Å². The van der Waals surface area contributed by atoms with E-state index < -0.39 is 6.10 Å². The van der Waals surface area contributed by atoms with Gasteiger partial charge in [0.05, 0.1) is 14.2 Å². The van der Waals surface area contributed by atoms with E-state index in [1.165, 1.54) is 0 Å². The van der Waals surface area contributed by atoms with Crippen LogP contribution in [0.1, 0.15) is 12.5 Å². The van der Waals surface area contributed by atoms with Gasteiger partial charge >= 0.3 is 0 Å². The van der Waals surface area contributed by atoms with Gasteiger partial charge in [-0.2, -0.15) is 0 Å². The molecule has 0 unspecified atom stereocenters. The molecule has 0 saturated heterocycles. The molecule has 0 spiro atoms. The Morgan fingerprint density at radius 2 is 1.65 bits per heavy atom. The zero-order valence-electron chi connectivity index (χ0n) is 13.8. The highest BCUT2D eigenvalue weighted by molar-refractivity contribution is 5.95. The van der Waals surface area contributed by atoms with E-state index in [1.807, 2.05) is 43.3 Å². The first-order chi connectivity index (χ1) is 11.0. The second-order valence-electron chi connectivity index (χ2n) is 5.08. The van der Waals surface area contributed by atoms with Crippen LogP contribution in [-0.4, -0.2) is 26.2 Å². The molecule has 0 fully saturated rings. The van der Waals surface area contributed by atoms with E-state index in [4.69, 9.17) is 14.2 Å². The molecule has 0 radical (unpaired) electrons. The molecule has 1 amide bonds. The minimum absolute atomic E-state index is 0.232. The molecule has 0 bridgehead atoms. The fraction of sp³-hybridized carbons (Fsp3) is 0.278.